The molecule has 1 amide bonds. The molecule has 3 heteroatoms. The van der Waals surface area contributed by atoms with Crippen molar-refractivity contribution in [3.05, 3.63) is 118 Å². The number of aliphatic hydroxyl groups is 1. The van der Waals surface area contributed by atoms with Crippen LogP contribution in [0.2, 0.25) is 0 Å². The van der Waals surface area contributed by atoms with Crippen LogP contribution in [0.4, 0.5) is 0 Å². The van der Waals surface area contributed by atoms with Gasteiger partial charge in [0.2, 0.25) is 0 Å². The van der Waals surface area contributed by atoms with Crippen molar-refractivity contribution >= 4 is 12.0 Å². The van der Waals surface area contributed by atoms with Crippen LogP contribution in [0, 0.1) is 11.8 Å². The monoisotopic (exact) mass is 408 g/mol. The Kier molecular flexibility index (Phi) is 5.21. The number of hydrogen-bond acceptors (Lipinski definition) is 2. The van der Waals surface area contributed by atoms with Crippen LogP contribution in [0.25, 0.3) is 6.08 Å². The highest BCUT2D eigenvalue weighted by atomic mass is 16.3. The quantitative estimate of drug-likeness (QED) is 0.636. The van der Waals surface area contributed by atoms with Gasteiger partial charge in [0.1, 0.15) is 0 Å². The lowest BCUT2D eigenvalue weighted by Gasteiger charge is -2.31. The summed E-state index contributed by atoms with van der Waals surface area (Å²) >= 11 is 0. The third kappa shape index (κ3) is 3.82. The Morgan fingerprint density at radius 3 is 2.32 bits per heavy atom. The molecule has 155 valence electrons. The average Bonchev–Trinajstić information content (AvgIpc) is 3.40. The summed E-state index contributed by atoms with van der Waals surface area (Å²) in [5.74, 6) is -0.149. The summed E-state index contributed by atoms with van der Waals surface area (Å²) in [7, 11) is 0. The van der Waals surface area contributed by atoms with Crippen molar-refractivity contribution in [3.8, 4) is 0 Å². The maximum absolute atomic E-state index is 12.2. The van der Waals surface area contributed by atoms with Gasteiger partial charge in [0.15, 0.2) is 0 Å². The van der Waals surface area contributed by atoms with E-state index in [1.165, 1.54) is 33.4 Å². The molecule has 0 saturated carbocycles. The summed E-state index contributed by atoms with van der Waals surface area (Å²) in [6, 6.07) is 25.3. The first kappa shape index (κ1) is 19.8. The molecule has 0 spiro atoms. The molecule has 0 saturated heterocycles. The highest BCUT2D eigenvalue weighted by Gasteiger charge is 2.41. The molecule has 0 aliphatic heterocycles. The molecule has 2 aliphatic carbocycles. The number of nitrogens with one attached hydrogen (secondary N) is 1. The van der Waals surface area contributed by atoms with Crippen molar-refractivity contribution < 1.29 is 9.90 Å². The van der Waals surface area contributed by atoms with Crippen molar-refractivity contribution in [2.75, 3.05) is 13.2 Å². The first-order valence-electron chi connectivity index (χ1n) is 10.9. The number of benzene rings is 3. The van der Waals surface area contributed by atoms with E-state index in [9.17, 15) is 4.79 Å². The van der Waals surface area contributed by atoms with Crippen LogP contribution in [0.15, 0.2) is 78.4 Å². The molecule has 0 aromatic heterocycles. The van der Waals surface area contributed by atoms with E-state index in [-0.39, 0.29) is 24.5 Å². The van der Waals surface area contributed by atoms with Gasteiger partial charge in [-0.3, -0.25) is 4.79 Å². The fourth-order valence-corrected chi connectivity index (χ4v) is 4.97. The number of allylic oxidation sites excluding steroid dienone is 1. The molecule has 31 heavy (non-hydrogen) atoms. The zero-order valence-corrected chi connectivity index (χ0v) is 17.5. The van der Waals surface area contributed by atoms with Gasteiger partial charge in [-0.2, -0.15) is 0 Å². The lowest BCUT2D eigenvalue weighted by molar-refractivity contribution is 0.0945. The molecule has 2 N–H and O–H groups in total. The minimum atomic E-state index is -0.149. The van der Waals surface area contributed by atoms with Gasteiger partial charge in [0.25, 0.3) is 5.91 Å². The van der Waals surface area contributed by atoms with E-state index in [0.717, 1.165) is 19.3 Å². The number of fused-ring (bicyclic) bond motifs is 2. The van der Waals surface area contributed by atoms with E-state index in [1.54, 1.807) is 0 Å². The van der Waals surface area contributed by atoms with E-state index >= 15 is 0 Å². The Morgan fingerprint density at radius 1 is 0.903 bits per heavy atom. The summed E-state index contributed by atoms with van der Waals surface area (Å²) in [5.41, 5.74) is 8.73. The third-order valence-corrected chi connectivity index (χ3v) is 6.53. The second kappa shape index (κ2) is 8.16. The van der Waals surface area contributed by atoms with Gasteiger partial charge in [0.05, 0.1) is 6.61 Å². The second-order valence-corrected chi connectivity index (χ2v) is 8.57. The van der Waals surface area contributed by atoms with Gasteiger partial charge in [-0.25, -0.2) is 0 Å². The second-order valence-electron chi connectivity index (χ2n) is 8.57. The normalized spacial score (nSPS) is 15.8. The van der Waals surface area contributed by atoms with Crippen LogP contribution in [0.1, 0.15) is 38.2 Å². The minimum Gasteiger partial charge on any atom is -0.395 e. The van der Waals surface area contributed by atoms with Crippen LogP contribution in [-0.4, -0.2) is 24.2 Å². The zero-order chi connectivity index (χ0) is 21.3. The molecule has 3 nitrogen and oxygen atoms in total. The van der Waals surface area contributed by atoms with E-state index in [2.05, 4.69) is 78.5 Å². The summed E-state index contributed by atoms with van der Waals surface area (Å²) in [5, 5.41) is 11.6. The molecule has 1 radical (unpaired) electrons. The minimum absolute atomic E-state index is 0.0522. The number of amides is 1. The van der Waals surface area contributed by atoms with Crippen LogP contribution in [0.3, 0.4) is 0 Å². The summed E-state index contributed by atoms with van der Waals surface area (Å²) < 4.78 is 0. The standard InChI is InChI=1S/C28H26NO2/c30-14-13-29-27(31)21-11-9-20(10-12-21)17-28(18-24-7-3-4-8-25(24)19-28)26-15-22-5-1-2-6-23(22)16-26/h1-12,15,18,30H,13-14,16-17,19H2,(H,29,31)/t28-/m1/s1. The third-order valence-electron chi connectivity index (χ3n) is 6.53. The highest BCUT2D eigenvalue weighted by Crippen LogP contribution is 2.50. The van der Waals surface area contributed by atoms with Crippen molar-refractivity contribution in [1.29, 1.82) is 0 Å². The summed E-state index contributed by atoms with van der Waals surface area (Å²) in [6.45, 7) is 0.214. The molecule has 0 heterocycles. The Balaban J connectivity index is 1.44. The molecular weight excluding hydrogens is 382 g/mol. The Morgan fingerprint density at radius 2 is 1.61 bits per heavy atom. The predicted molar refractivity (Wildman–Crippen MR) is 124 cm³/mol. The number of hydrogen-bond donors (Lipinski definition) is 2. The van der Waals surface area contributed by atoms with Gasteiger partial charge in [-0.15, -0.1) is 0 Å². The van der Waals surface area contributed by atoms with Crippen LogP contribution < -0.4 is 5.32 Å². The maximum Gasteiger partial charge on any atom is 0.251 e. The molecule has 5 rings (SSSR count). The Bertz CT molecular complexity index is 1120. The lowest BCUT2D eigenvalue weighted by atomic mass is 9.72. The largest absolute Gasteiger partial charge is 0.395 e. The Labute approximate surface area is 183 Å². The van der Waals surface area contributed by atoms with Gasteiger partial charge < -0.3 is 10.4 Å². The van der Waals surface area contributed by atoms with Crippen molar-refractivity contribution in [1.82, 2.24) is 5.32 Å². The number of rotatable bonds is 6. The Hall–Kier alpha value is -3.17. The highest BCUT2D eigenvalue weighted by molar-refractivity contribution is 5.94. The first-order valence-corrected chi connectivity index (χ1v) is 10.9. The van der Waals surface area contributed by atoms with Crippen LogP contribution in [0.5, 0.6) is 0 Å². The molecule has 0 fully saturated rings. The van der Waals surface area contributed by atoms with Gasteiger partial charge in [-0.1, -0.05) is 72.3 Å². The molecule has 2 aliphatic rings. The molecular formula is C28H26NO2. The van der Waals surface area contributed by atoms with E-state index in [0.29, 0.717) is 5.56 Å². The first-order chi connectivity index (χ1) is 15.2. The SMILES string of the molecule is O=C(NCCO)c1ccc(C[C@@]2(C3=Cc4ccccc4C3)[CH]c3ccccc3C2)cc1. The van der Waals surface area contributed by atoms with Crippen molar-refractivity contribution in [3.63, 3.8) is 0 Å². The number of aliphatic hydroxyl groups excluding tert-OH is 1. The number of carbonyl (C=O) groups is 1. The van der Waals surface area contributed by atoms with Gasteiger partial charge in [-0.05, 0) is 59.2 Å². The average molecular weight is 409 g/mol. The summed E-state index contributed by atoms with van der Waals surface area (Å²) in [6.07, 6.45) is 7.74. The molecule has 0 bridgehead atoms. The fraction of sp³-hybridized carbons (Fsp3) is 0.214. The van der Waals surface area contributed by atoms with Gasteiger partial charge >= 0.3 is 0 Å². The molecule has 1 atom stereocenters. The number of carbonyl (C=O) groups excluding carboxylic acids is 1. The van der Waals surface area contributed by atoms with Crippen molar-refractivity contribution in [2.45, 2.75) is 19.3 Å². The van der Waals surface area contributed by atoms with E-state index < -0.39 is 0 Å². The van der Waals surface area contributed by atoms with Gasteiger partial charge in [0, 0.05) is 23.9 Å². The van der Waals surface area contributed by atoms with Crippen molar-refractivity contribution in [2.24, 2.45) is 5.41 Å². The van der Waals surface area contributed by atoms with Crippen LogP contribution in [-0.2, 0) is 19.3 Å². The zero-order valence-electron chi connectivity index (χ0n) is 17.5. The lowest BCUT2D eigenvalue weighted by Crippen LogP contribution is -2.27. The summed E-state index contributed by atoms with van der Waals surface area (Å²) in [4.78, 5) is 12.2. The predicted octanol–water partition coefficient (Wildman–Crippen LogP) is 4.39. The van der Waals surface area contributed by atoms with Crippen LogP contribution >= 0.6 is 0 Å². The molecule has 0 unspecified atom stereocenters. The van der Waals surface area contributed by atoms with E-state index in [4.69, 9.17) is 5.11 Å². The topological polar surface area (TPSA) is 49.3 Å². The maximum atomic E-state index is 12.2. The van der Waals surface area contributed by atoms with E-state index in [1.807, 2.05) is 12.1 Å². The molecule has 3 aromatic rings. The smallest absolute Gasteiger partial charge is 0.251 e. The molecule has 3 aromatic carbocycles. The fourth-order valence-electron chi connectivity index (χ4n) is 4.97.